The number of nitrogens with zero attached hydrogens (tertiary/aromatic N) is 3. The molecule has 8 nitrogen and oxygen atoms in total. The molecule has 1 aromatic carbocycles. The Labute approximate surface area is 171 Å². The van der Waals surface area contributed by atoms with Crippen LogP contribution in [0.2, 0.25) is 0 Å². The Balaban J connectivity index is 1.55. The van der Waals surface area contributed by atoms with E-state index in [1.165, 1.54) is 16.8 Å². The maximum atomic E-state index is 12.8. The zero-order chi connectivity index (χ0) is 20.6. The van der Waals surface area contributed by atoms with Crippen LogP contribution >= 0.6 is 0 Å². The van der Waals surface area contributed by atoms with Crippen molar-refractivity contribution in [3.63, 3.8) is 0 Å². The number of fused-ring (bicyclic) bond motifs is 1. The normalized spacial score (nSPS) is 21.0. The van der Waals surface area contributed by atoms with Crippen LogP contribution in [0.4, 0.5) is 5.82 Å². The topological polar surface area (TPSA) is 112 Å². The van der Waals surface area contributed by atoms with Crippen molar-refractivity contribution in [2.75, 3.05) is 31.6 Å². The second-order valence-corrected chi connectivity index (χ2v) is 9.67. The molecule has 0 radical (unpaired) electrons. The predicted molar refractivity (Wildman–Crippen MR) is 109 cm³/mol. The monoisotopic (exact) mass is 416 g/mol. The lowest BCUT2D eigenvalue weighted by Crippen LogP contribution is -2.55. The number of nitrogens with two attached hydrogens (primary N) is 1. The summed E-state index contributed by atoms with van der Waals surface area (Å²) in [4.78, 5) is 18.5. The number of amides is 1. The van der Waals surface area contributed by atoms with Gasteiger partial charge in [-0.15, -0.1) is 4.31 Å². The number of hydrogen-bond donors (Lipinski definition) is 1. The number of rotatable bonds is 2. The molecule has 2 aliphatic rings. The summed E-state index contributed by atoms with van der Waals surface area (Å²) < 4.78 is 32.6. The fourth-order valence-electron chi connectivity index (χ4n) is 3.89. The fraction of sp³-hybridized carbons (Fsp3) is 0.400. The predicted octanol–water partition coefficient (Wildman–Crippen LogP) is 1.71. The van der Waals surface area contributed by atoms with Crippen LogP contribution in [-0.2, 0) is 21.2 Å². The molecule has 0 bridgehead atoms. The Bertz CT molecular complexity index is 951. The third-order valence-corrected chi connectivity index (χ3v) is 6.77. The summed E-state index contributed by atoms with van der Waals surface area (Å²) in [6.45, 7) is 1.51. The fourth-order valence-corrected chi connectivity index (χ4v) is 4.74. The molecule has 1 aromatic heterocycles. The lowest BCUT2D eigenvalue weighted by molar-refractivity contribution is -0.00336. The van der Waals surface area contributed by atoms with Crippen LogP contribution in [0.3, 0.4) is 0 Å². The molecule has 2 aromatic rings. The van der Waals surface area contributed by atoms with Gasteiger partial charge in [0.2, 0.25) is 0 Å². The largest absolute Gasteiger partial charge is 0.598 e. The lowest BCUT2D eigenvalue weighted by atomic mass is 9.90. The summed E-state index contributed by atoms with van der Waals surface area (Å²) in [5.41, 5.74) is 6.27. The smallest absolute Gasteiger partial charge is 0.255 e. The zero-order valence-electron chi connectivity index (χ0n) is 16.2. The Morgan fingerprint density at radius 3 is 2.62 bits per heavy atom. The number of aromatic nitrogens is 1. The molecule has 154 valence electrons. The second-order valence-electron chi connectivity index (χ2n) is 7.69. The number of carbonyl (C=O) groups excluding carboxylic acids is 1. The molecule has 0 aliphatic carbocycles. The van der Waals surface area contributed by atoms with Crippen molar-refractivity contribution < 1.29 is 18.3 Å². The summed E-state index contributed by atoms with van der Waals surface area (Å²) >= 11 is 0. The van der Waals surface area contributed by atoms with E-state index in [4.69, 9.17) is 10.5 Å². The first-order valence-corrected chi connectivity index (χ1v) is 11.3. The number of hydrogen-bond acceptors (Lipinski definition) is 6. The minimum Gasteiger partial charge on any atom is -0.598 e. The van der Waals surface area contributed by atoms with Gasteiger partial charge in [0.1, 0.15) is 33.8 Å². The molecule has 1 amide bonds. The van der Waals surface area contributed by atoms with Gasteiger partial charge in [0.25, 0.3) is 5.91 Å². The van der Waals surface area contributed by atoms with Crippen molar-refractivity contribution in [3.8, 4) is 5.75 Å². The van der Waals surface area contributed by atoms with E-state index in [9.17, 15) is 13.6 Å². The summed E-state index contributed by atoms with van der Waals surface area (Å²) in [6, 6.07) is 10.8. The van der Waals surface area contributed by atoms with Gasteiger partial charge in [-0.1, -0.05) is 22.4 Å². The minimum absolute atomic E-state index is 0.110. The number of ether oxygens (including phenoxy) is 1. The molecule has 1 fully saturated rings. The van der Waals surface area contributed by atoms with Crippen LogP contribution in [0.1, 0.15) is 28.8 Å². The van der Waals surface area contributed by atoms with Gasteiger partial charge in [0, 0.05) is 37.7 Å². The SMILES string of the molecule is C[S+](=O)([O-])N1Cc2ccccc2OC2(CCN(C(=O)c3ccc(N)nc3)CC2)C1. The highest BCUT2D eigenvalue weighted by molar-refractivity contribution is 7.94. The number of likely N-dealkylation sites (tertiary alicyclic amines) is 1. The third kappa shape index (κ3) is 4.12. The minimum atomic E-state index is -3.39. The number of anilines is 1. The molecular formula is C20H24N4O4S. The summed E-state index contributed by atoms with van der Waals surface area (Å²) in [5, 5.41) is 0. The van der Waals surface area contributed by atoms with Gasteiger partial charge in [-0.05, 0) is 18.2 Å². The Morgan fingerprint density at radius 2 is 1.97 bits per heavy atom. The van der Waals surface area contributed by atoms with Gasteiger partial charge in [-0.3, -0.25) is 4.79 Å². The average Bonchev–Trinajstić information content (AvgIpc) is 2.85. The quantitative estimate of drug-likeness (QED) is 0.746. The molecule has 1 atom stereocenters. The molecule has 1 saturated heterocycles. The first-order chi connectivity index (χ1) is 13.8. The van der Waals surface area contributed by atoms with Gasteiger partial charge in [-0.25, -0.2) is 4.98 Å². The number of carbonyl (C=O) groups is 1. The van der Waals surface area contributed by atoms with Gasteiger partial charge >= 0.3 is 0 Å². The molecule has 3 heterocycles. The van der Waals surface area contributed by atoms with Gasteiger partial charge < -0.3 is 19.9 Å². The van der Waals surface area contributed by atoms with E-state index in [-0.39, 0.29) is 19.0 Å². The summed E-state index contributed by atoms with van der Waals surface area (Å²) in [7, 11) is -3.39. The van der Waals surface area contributed by atoms with E-state index >= 15 is 0 Å². The molecule has 29 heavy (non-hydrogen) atoms. The lowest BCUT2D eigenvalue weighted by Gasteiger charge is -2.42. The highest BCUT2D eigenvalue weighted by atomic mass is 32.3. The van der Waals surface area contributed by atoms with E-state index in [0.29, 0.717) is 43.1 Å². The van der Waals surface area contributed by atoms with Crippen molar-refractivity contribution in [1.29, 1.82) is 0 Å². The standard InChI is InChI=1S/C20H24N4O4S/c1-29(26,27)24-13-16-4-2-3-5-17(16)28-20(14-24)8-10-23(11-9-20)19(25)15-6-7-18(21)22-12-15/h2-7,12H,8-11,13-14H2,1H3,(H2-,21,22,25,26,27). The van der Waals surface area contributed by atoms with Crippen LogP contribution < -0.4 is 10.5 Å². The Morgan fingerprint density at radius 1 is 1.24 bits per heavy atom. The molecule has 0 saturated carbocycles. The van der Waals surface area contributed by atoms with E-state index in [1.807, 2.05) is 24.3 Å². The second kappa shape index (κ2) is 7.40. The van der Waals surface area contributed by atoms with Gasteiger partial charge in [-0.2, -0.15) is 0 Å². The number of sulfonamides is 1. The molecule has 1 spiro atoms. The van der Waals surface area contributed by atoms with Crippen LogP contribution in [0, 0.1) is 0 Å². The number of nitrogen functional groups attached to an aromatic ring is 1. The van der Waals surface area contributed by atoms with Crippen molar-refractivity contribution >= 4 is 22.1 Å². The van der Waals surface area contributed by atoms with E-state index in [0.717, 1.165) is 5.56 Å². The summed E-state index contributed by atoms with van der Waals surface area (Å²) in [6.07, 6.45) is 3.79. The number of benzene rings is 1. The number of para-hydroxylation sites is 1. The number of piperidine rings is 1. The Hall–Kier alpha value is -2.49. The maximum absolute atomic E-state index is 12.8. The average molecular weight is 417 g/mol. The van der Waals surface area contributed by atoms with Crippen LogP contribution in [0.25, 0.3) is 0 Å². The summed E-state index contributed by atoms with van der Waals surface area (Å²) in [5.74, 6) is 0.966. The maximum Gasteiger partial charge on any atom is 0.255 e. The molecule has 9 heteroatoms. The first kappa shape index (κ1) is 19.8. The molecule has 1 unspecified atom stereocenters. The first-order valence-electron chi connectivity index (χ1n) is 9.49. The van der Waals surface area contributed by atoms with Crippen molar-refractivity contribution in [2.24, 2.45) is 0 Å². The number of pyridine rings is 1. The Kier molecular flexibility index (Phi) is 5.05. The van der Waals surface area contributed by atoms with E-state index in [1.54, 1.807) is 17.0 Å². The van der Waals surface area contributed by atoms with Crippen LogP contribution in [0.5, 0.6) is 5.75 Å². The van der Waals surface area contributed by atoms with Gasteiger partial charge in [0.05, 0.1) is 18.7 Å². The highest BCUT2D eigenvalue weighted by Crippen LogP contribution is 2.37. The van der Waals surface area contributed by atoms with Crippen LogP contribution in [-0.4, -0.2) is 56.1 Å². The zero-order valence-corrected chi connectivity index (χ0v) is 17.1. The van der Waals surface area contributed by atoms with E-state index in [2.05, 4.69) is 4.98 Å². The van der Waals surface area contributed by atoms with Crippen molar-refractivity contribution in [3.05, 3.63) is 53.7 Å². The molecule has 2 N–H and O–H groups in total. The van der Waals surface area contributed by atoms with Gasteiger partial charge in [0.15, 0.2) is 0 Å². The van der Waals surface area contributed by atoms with E-state index < -0.39 is 16.0 Å². The van der Waals surface area contributed by atoms with Crippen molar-refractivity contribution in [2.45, 2.75) is 25.0 Å². The van der Waals surface area contributed by atoms with Crippen LogP contribution in [0.15, 0.2) is 42.6 Å². The van der Waals surface area contributed by atoms with Crippen molar-refractivity contribution in [1.82, 2.24) is 14.2 Å². The molecule has 2 aliphatic heterocycles. The molecule has 4 rings (SSSR count). The highest BCUT2D eigenvalue weighted by Gasteiger charge is 2.45. The third-order valence-electron chi connectivity index (χ3n) is 5.57. The molecular weight excluding hydrogens is 392 g/mol.